The van der Waals surface area contributed by atoms with Crippen LogP contribution in [-0.4, -0.2) is 30.4 Å². The molecule has 3 N–H and O–H groups in total. The number of nitrogens with two attached hydrogens (primary N) is 1. The fourth-order valence-corrected chi connectivity index (χ4v) is 3.96. The predicted molar refractivity (Wildman–Crippen MR) is 86.8 cm³/mol. The van der Waals surface area contributed by atoms with E-state index < -0.39 is 6.10 Å². The van der Waals surface area contributed by atoms with Crippen molar-refractivity contribution in [1.29, 1.82) is 0 Å². The molecular weight excluding hydrogens is 327 g/mol. The number of amides is 1. The fourth-order valence-electron chi connectivity index (χ4n) is 2.85. The molecule has 0 saturated carbocycles. The zero-order chi connectivity index (χ0) is 14.8. The van der Waals surface area contributed by atoms with Crippen molar-refractivity contribution in [2.45, 2.75) is 42.4 Å². The molecule has 0 radical (unpaired) electrons. The minimum absolute atomic E-state index is 0. The molecule has 0 aromatic heterocycles. The highest BCUT2D eigenvalue weighted by Gasteiger charge is 2.32. The van der Waals surface area contributed by atoms with Gasteiger partial charge in [0.2, 0.25) is 5.91 Å². The van der Waals surface area contributed by atoms with Crippen molar-refractivity contribution in [3.05, 3.63) is 29.6 Å². The molecule has 1 aromatic carbocycles. The second kappa shape index (κ2) is 7.64. The lowest BCUT2D eigenvalue weighted by atomic mass is 10.0. The van der Waals surface area contributed by atoms with Gasteiger partial charge in [0.1, 0.15) is 11.9 Å². The monoisotopic (exact) mass is 346 g/mol. The Balaban J connectivity index is 0.00000176. The number of thioether (sulfide) groups is 1. The first-order valence-corrected chi connectivity index (χ1v) is 8.24. The van der Waals surface area contributed by atoms with Gasteiger partial charge in [-0.15, -0.1) is 24.2 Å². The number of carbonyl (C=O) groups is 1. The minimum atomic E-state index is -0.426. The molecule has 7 heteroatoms. The maximum atomic E-state index is 13.4. The molecule has 1 unspecified atom stereocenters. The largest absolute Gasteiger partial charge is 0.364 e. The minimum Gasteiger partial charge on any atom is -0.364 e. The zero-order valence-electron chi connectivity index (χ0n) is 12.1. The van der Waals surface area contributed by atoms with E-state index in [0.717, 1.165) is 29.1 Å². The summed E-state index contributed by atoms with van der Waals surface area (Å²) < 4.78 is 19.1. The highest BCUT2D eigenvalue weighted by molar-refractivity contribution is 7.99. The molecule has 1 fully saturated rings. The Morgan fingerprint density at radius 3 is 2.95 bits per heavy atom. The summed E-state index contributed by atoms with van der Waals surface area (Å²) in [5.74, 6) is 0.537. The molecule has 1 amide bonds. The number of nitrogens with one attached hydrogen (secondary N) is 1. The van der Waals surface area contributed by atoms with Crippen LogP contribution in [0.5, 0.6) is 0 Å². The van der Waals surface area contributed by atoms with Gasteiger partial charge in [-0.2, -0.15) is 0 Å². The van der Waals surface area contributed by atoms with Gasteiger partial charge < -0.3 is 15.8 Å². The lowest BCUT2D eigenvalue weighted by Gasteiger charge is -2.27. The summed E-state index contributed by atoms with van der Waals surface area (Å²) >= 11 is 1.70. The number of ether oxygens (including phenoxy) is 1. The summed E-state index contributed by atoms with van der Waals surface area (Å²) in [6.45, 7) is 0.442. The van der Waals surface area contributed by atoms with Crippen molar-refractivity contribution in [1.82, 2.24) is 5.32 Å². The molecule has 122 valence electrons. The first kappa shape index (κ1) is 17.5. The third-order valence-corrected chi connectivity index (χ3v) is 5.11. The number of hydrogen-bond acceptors (Lipinski definition) is 4. The summed E-state index contributed by atoms with van der Waals surface area (Å²) in [4.78, 5) is 13.3. The van der Waals surface area contributed by atoms with Crippen LogP contribution in [0.15, 0.2) is 23.1 Å². The van der Waals surface area contributed by atoms with Crippen LogP contribution in [0, 0.1) is 5.82 Å². The number of hydrogen-bond donors (Lipinski definition) is 2. The summed E-state index contributed by atoms with van der Waals surface area (Å²) in [6.07, 6.45) is 1.88. The SMILES string of the molecule is Cl.NC[C@H]1CC[C@@H](C(=O)NC2CCSc3ccc(F)cc32)O1. The highest BCUT2D eigenvalue weighted by atomic mass is 35.5. The fraction of sp³-hybridized carbons (Fsp3) is 0.533. The van der Waals surface area contributed by atoms with Crippen LogP contribution in [0.4, 0.5) is 4.39 Å². The Labute approximate surface area is 139 Å². The van der Waals surface area contributed by atoms with Gasteiger partial charge >= 0.3 is 0 Å². The van der Waals surface area contributed by atoms with Crippen LogP contribution in [0.3, 0.4) is 0 Å². The van der Waals surface area contributed by atoms with Crippen LogP contribution >= 0.6 is 24.2 Å². The first-order chi connectivity index (χ1) is 10.2. The molecule has 4 nitrogen and oxygen atoms in total. The third-order valence-electron chi connectivity index (χ3n) is 3.99. The summed E-state index contributed by atoms with van der Waals surface area (Å²) in [5, 5.41) is 3.00. The summed E-state index contributed by atoms with van der Waals surface area (Å²) in [7, 11) is 0. The molecule has 1 saturated heterocycles. The van der Waals surface area contributed by atoms with Gasteiger partial charge in [-0.1, -0.05) is 0 Å². The molecule has 1 aromatic rings. The van der Waals surface area contributed by atoms with E-state index in [-0.39, 0.29) is 36.3 Å². The Kier molecular flexibility index (Phi) is 6.09. The van der Waals surface area contributed by atoms with Crippen LogP contribution in [0.25, 0.3) is 0 Å². The van der Waals surface area contributed by atoms with Crippen molar-refractivity contribution in [3.63, 3.8) is 0 Å². The van der Waals surface area contributed by atoms with E-state index in [1.807, 2.05) is 0 Å². The second-order valence-electron chi connectivity index (χ2n) is 5.44. The molecular formula is C15H20ClFN2O2S. The van der Waals surface area contributed by atoms with Crippen molar-refractivity contribution in [2.75, 3.05) is 12.3 Å². The van der Waals surface area contributed by atoms with Gasteiger partial charge in [0.05, 0.1) is 12.1 Å². The maximum absolute atomic E-state index is 13.4. The number of halogens is 2. The molecule has 0 aliphatic carbocycles. The lowest BCUT2D eigenvalue weighted by molar-refractivity contribution is -0.132. The third kappa shape index (κ3) is 3.74. The molecule has 2 heterocycles. The van der Waals surface area contributed by atoms with E-state index >= 15 is 0 Å². The van der Waals surface area contributed by atoms with Gasteiger partial charge in [-0.25, -0.2) is 4.39 Å². The second-order valence-corrected chi connectivity index (χ2v) is 6.58. The topological polar surface area (TPSA) is 64.4 Å². The number of benzene rings is 1. The smallest absolute Gasteiger partial charge is 0.249 e. The molecule has 0 bridgehead atoms. The van der Waals surface area contributed by atoms with Crippen LogP contribution in [0.2, 0.25) is 0 Å². The van der Waals surface area contributed by atoms with Gasteiger partial charge in [-0.3, -0.25) is 4.79 Å². The summed E-state index contributed by atoms with van der Waals surface area (Å²) in [5.41, 5.74) is 6.43. The Morgan fingerprint density at radius 1 is 1.41 bits per heavy atom. The van der Waals surface area contributed by atoms with Gasteiger partial charge in [0.25, 0.3) is 0 Å². The normalized spacial score (nSPS) is 26.9. The van der Waals surface area contributed by atoms with E-state index in [1.165, 1.54) is 12.1 Å². The standard InChI is InChI=1S/C15H19FN2O2S.ClH/c16-9-1-4-14-11(7-9)12(5-6-21-14)18-15(19)13-3-2-10(8-17)20-13;/h1,4,7,10,12-13H,2-3,5-6,8,17H2,(H,18,19);1H/t10-,12?,13+;/m1./s1. The quantitative estimate of drug-likeness (QED) is 0.882. The molecule has 0 spiro atoms. The van der Waals surface area contributed by atoms with Crippen LogP contribution in [0.1, 0.15) is 30.9 Å². The van der Waals surface area contributed by atoms with E-state index in [9.17, 15) is 9.18 Å². The van der Waals surface area contributed by atoms with E-state index in [4.69, 9.17) is 10.5 Å². The average molecular weight is 347 g/mol. The van der Waals surface area contributed by atoms with Crippen molar-refractivity contribution in [3.8, 4) is 0 Å². The van der Waals surface area contributed by atoms with Crippen LogP contribution < -0.4 is 11.1 Å². The molecule has 2 aliphatic rings. The van der Waals surface area contributed by atoms with Crippen molar-refractivity contribution in [2.24, 2.45) is 5.73 Å². The van der Waals surface area contributed by atoms with Crippen molar-refractivity contribution < 1.29 is 13.9 Å². The van der Waals surface area contributed by atoms with E-state index in [0.29, 0.717) is 13.0 Å². The van der Waals surface area contributed by atoms with Gasteiger partial charge in [-0.05, 0) is 43.0 Å². The van der Waals surface area contributed by atoms with Crippen LogP contribution in [-0.2, 0) is 9.53 Å². The average Bonchev–Trinajstić information content (AvgIpc) is 2.97. The molecule has 3 atom stereocenters. The van der Waals surface area contributed by atoms with E-state index in [2.05, 4.69) is 5.32 Å². The number of carbonyl (C=O) groups excluding carboxylic acids is 1. The molecule has 22 heavy (non-hydrogen) atoms. The van der Waals surface area contributed by atoms with E-state index in [1.54, 1.807) is 17.8 Å². The first-order valence-electron chi connectivity index (χ1n) is 7.25. The maximum Gasteiger partial charge on any atom is 0.249 e. The molecule has 2 aliphatic heterocycles. The zero-order valence-corrected chi connectivity index (χ0v) is 13.7. The van der Waals surface area contributed by atoms with Crippen molar-refractivity contribution >= 4 is 30.1 Å². The van der Waals surface area contributed by atoms with Gasteiger partial charge in [0, 0.05) is 17.2 Å². The number of rotatable bonds is 3. The van der Waals surface area contributed by atoms with Gasteiger partial charge in [0.15, 0.2) is 0 Å². The Hall–Kier alpha value is -0.820. The lowest BCUT2D eigenvalue weighted by Crippen LogP contribution is -2.38. The Bertz CT molecular complexity index is 546. The molecule has 3 rings (SSSR count). The highest BCUT2D eigenvalue weighted by Crippen LogP contribution is 2.36. The summed E-state index contributed by atoms with van der Waals surface area (Å²) in [6, 6.07) is 4.63. The predicted octanol–water partition coefficient (Wildman–Crippen LogP) is 2.41. The number of fused-ring (bicyclic) bond motifs is 1. The Morgan fingerprint density at radius 2 is 2.23 bits per heavy atom.